The van der Waals surface area contributed by atoms with E-state index in [-0.39, 0.29) is 11.8 Å². The molecule has 4 heteroatoms. The number of amides is 2. The highest BCUT2D eigenvalue weighted by atomic mass is 16.2. The van der Waals surface area contributed by atoms with Crippen molar-refractivity contribution in [1.82, 2.24) is 10.0 Å². The molecule has 0 aromatic carbocycles. The van der Waals surface area contributed by atoms with Crippen molar-refractivity contribution in [3.8, 4) is 0 Å². The lowest BCUT2D eigenvalue weighted by Crippen LogP contribution is -2.42. The number of imide groups is 1. The Morgan fingerprint density at radius 2 is 1.83 bits per heavy atom. The van der Waals surface area contributed by atoms with Crippen molar-refractivity contribution in [3.05, 3.63) is 0 Å². The Kier molecular flexibility index (Phi) is 1.96. The van der Waals surface area contributed by atoms with Crippen LogP contribution in [0.1, 0.15) is 20.3 Å². The van der Waals surface area contributed by atoms with Crippen LogP contribution >= 0.6 is 0 Å². The van der Waals surface area contributed by atoms with Crippen LogP contribution in [-0.4, -0.2) is 35.9 Å². The molecule has 0 aromatic heterocycles. The molecule has 12 heavy (non-hydrogen) atoms. The van der Waals surface area contributed by atoms with E-state index < -0.39 is 5.41 Å². The van der Waals surface area contributed by atoms with Gasteiger partial charge in [0.15, 0.2) is 0 Å². The van der Waals surface area contributed by atoms with E-state index in [4.69, 9.17) is 0 Å². The molecule has 1 heterocycles. The Balaban J connectivity index is 2.93. The molecular weight excluding hydrogens is 156 g/mol. The van der Waals surface area contributed by atoms with Crippen molar-refractivity contribution in [2.75, 3.05) is 14.1 Å². The normalized spacial score (nSPS) is 22.6. The summed E-state index contributed by atoms with van der Waals surface area (Å²) in [7, 11) is 3.38. The maximum absolute atomic E-state index is 11.5. The molecule has 1 aliphatic heterocycles. The summed E-state index contributed by atoms with van der Waals surface area (Å²) < 4.78 is 0. The fraction of sp³-hybridized carbons (Fsp3) is 0.750. The standard InChI is InChI=1S/C8H14N2O2/c1-8(2)5-6(11)10(7(8)12)9(3)4/h5H2,1-4H3. The van der Waals surface area contributed by atoms with Gasteiger partial charge in [-0.25, -0.2) is 10.0 Å². The summed E-state index contributed by atoms with van der Waals surface area (Å²) in [5, 5.41) is 2.72. The van der Waals surface area contributed by atoms with Gasteiger partial charge in [-0.15, -0.1) is 0 Å². The molecule has 1 saturated heterocycles. The Morgan fingerprint density at radius 3 is 2.00 bits per heavy atom. The highest BCUT2D eigenvalue weighted by molar-refractivity contribution is 6.04. The van der Waals surface area contributed by atoms with Gasteiger partial charge in [0.25, 0.3) is 0 Å². The summed E-state index contributed by atoms with van der Waals surface area (Å²) in [5.41, 5.74) is -0.526. The molecule has 0 atom stereocenters. The van der Waals surface area contributed by atoms with Crippen molar-refractivity contribution >= 4 is 11.8 Å². The highest BCUT2D eigenvalue weighted by Gasteiger charge is 2.45. The average Bonchev–Trinajstić information content (AvgIpc) is 2.02. The van der Waals surface area contributed by atoms with Crippen molar-refractivity contribution in [1.29, 1.82) is 0 Å². The summed E-state index contributed by atoms with van der Waals surface area (Å²) >= 11 is 0. The zero-order valence-corrected chi connectivity index (χ0v) is 7.92. The third-order valence-electron chi connectivity index (χ3n) is 2.00. The van der Waals surface area contributed by atoms with E-state index in [9.17, 15) is 9.59 Å². The first-order valence-electron chi connectivity index (χ1n) is 3.91. The molecule has 1 fully saturated rings. The van der Waals surface area contributed by atoms with E-state index in [0.717, 1.165) is 0 Å². The number of hydrogen-bond acceptors (Lipinski definition) is 3. The second-order valence-electron chi connectivity index (χ2n) is 3.92. The van der Waals surface area contributed by atoms with Crippen LogP contribution < -0.4 is 0 Å². The molecular formula is C8H14N2O2. The van der Waals surface area contributed by atoms with E-state index in [1.54, 1.807) is 27.9 Å². The van der Waals surface area contributed by atoms with Crippen LogP contribution in [0.25, 0.3) is 0 Å². The van der Waals surface area contributed by atoms with Gasteiger partial charge in [0.1, 0.15) is 0 Å². The smallest absolute Gasteiger partial charge is 0.250 e. The summed E-state index contributed by atoms with van der Waals surface area (Å²) in [6.07, 6.45) is 0.310. The Morgan fingerprint density at radius 1 is 1.33 bits per heavy atom. The number of carbonyl (C=O) groups is 2. The molecule has 0 bridgehead atoms. The predicted molar refractivity (Wildman–Crippen MR) is 43.9 cm³/mol. The van der Waals surface area contributed by atoms with Crippen molar-refractivity contribution in [3.63, 3.8) is 0 Å². The fourth-order valence-electron chi connectivity index (χ4n) is 1.33. The fourth-order valence-corrected chi connectivity index (χ4v) is 1.33. The topological polar surface area (TPSA) is 40.6 Å². The van der Waals surface area contributed by atoms with E-state index in [2.05, 4.69) is 0 Å². The van der Waals surface area contributed by atoms with E-state index >= 15 is 0 Å². The van der Waals surface area contributed by atoms with Crippen LogP contribution in [0.5, 0.6) is 0 Å². The number of carbonyl (C=O) groups excluding carboxylic acids is 2. The molecule has 0 aliphatic carbocycles. The maximum atomic E-state index is 11.5. The second-order valence-corrected chi connectivity index (χ2v) is 3.92. The van der Waals surface area contributed by atoms with Crippen molar-refractivity contribution in [2.24, 2.45) is 5.41 Å². The molecule has 0 radical (unpaired) electrons. The van der Waals surface area contributed by atoms with Gasteiger partial charge in [-0.05, 0) is 0 Å². The van der Waals surface area contributed by atoms with Crippen LogP contribution in [0.4, 0.5) is 0 Å². The number of rotatable bonds is 1. The molecule has 0 saturated carbocycles. The molecule has 0 N–H and O–H groups in total. The molecule has 0 spiro atoms. The SMILES string of the molecule is CN(C)N1C(=O)CC(C)(C)C1=O. The molecule has 2 amide bonds. The zero-order chi connectivity index (χ0) is 9.52. The lowest BCUT2D eigenvalue weighted by atomic mass is 9.92. The monoisotopic (exact) mass is 170 g/mol. The minimum Gasteiger partial charge on any atom is -0.273 e. The first kappa shape index (κ1) is 9.19. The molecule has 0 aromatic rings. The number of hydrazine groups is 1. The Bertz CT molecular complexity index is 233. The third kappa shape index (κ3) is 1.22. The van der Waals surface area contributed by atoms with E-state index in [0.29, 0.717) is 6.42 Å². The van der Waals surface area contributed by atoms with Gasteiger partial charge in [-0.1, -0.05) is 13.8 Å². The average molecular weight is 170 g/mol. The van der Waals surface area contributed by atoms with Crippen LogP contribution in [0.3, 0.4) is 0 Å². The van der Waals surface area contributed by atoms with Crippen molar-refractivity contribution < 1.29 is 9.59 Å². The van der Waals surface area contributed by atoms with Gasteiger partial charge >= 0.3 is 0 Å². The Hall–Kier alpha value is -0.900. The Labute approximate surface area is 72.1 Å². The lowest BCUT2D eigenvalue weighted by molar-refractivity contribution is -0.155. The molecule has 1 aliphatic rings. The minimum absolute atomic E-state index is 0.113. The van der Waals surface area contributed by atoms with Crippen LogP contribution in [0.2, 0.25) is 0 Å². The molecule has 68 valence electrons. The molecule has 4 nitrogen and oxygen atoms in total. The maximum Gasteiger partial charge on any atom is 0.250 e. The van der Waals surface area contributed by atoms with Gasteiger partial charge in [0.2, 0.25) is 11.8 Å². The highest BCUT2D eigenvalue weighted by Crippen LogP contribution is 2.31. The largest absolute Gasteiger partial charge is 0.273 e. The first-order chi connectivity index (χ1) is 5.36. The second kappa shape index (κ2) is 2.55. The zero-order valence-electron chi connectivity index (χ0n) is 7.92. The van der Waals surface area contributed by atoms with Crippen LogP contribution in [-0.2, 0) is 9.59 Å². The first-order valence-corrected chi connectivity index (χ1v) is 3.91. The van der Waals surface area contributed by atoms with E-state index in [1.165, 1.54) is 10.0 Å². The lowest BCUT2D eigenvalue weighted by Gasteiger charge is -2.23. The van der Waals surface area contributed by atoms with Gasteiger partial charge in [0.05, 0.1) is 5.41 Å². The van der Waals surface area contributed by atoms with Crippen LogP contribution in [0.15, 0.2) is 0 Å². The molecule has 0 unspecified atom stereocenters. The summed E-state index contributed by atoms with van der Waals surface area (Å²) in [4.78, 5) is 22.8. The predicted octanol–water partition coefficient (Wildman–Crippen LogP) is 0.248. The van der Waals surface area contributed by atoms with Crippen LogP contribution in [0, 0.1) is 5.41 Å². The van der Waals surface area contributed by atoms with E-state index in [1.807, 2.05) is 0 Å². The minimum atomic E-state index is -0.526. The van der Waals surface area contributed by atoms with Gasteiger partial charge in [-0.3, -0.25) is 9.59 Å². The summed E-state index contributed by atoms with van der Waals surface area (Å²) in [6, 6.07) is 0. The summed E-state index contributed by atoms with van der Waals surface area (Å²) in [6.45, 7) is 3.58. The number of hydrogen-bond donors (Lipinski definition) is 0. The molecule has 1 rings (SSSR count). The van der Waals surface area contributed by atoms with Gasteiger partial charge in [-0.2, -0.15) is 0 Å². The third-order valence-corrected chi connectivity index (χ3v) is 2.00. The quantitative estimate of drug-likeness (QED) is 0.529. The van der Waals surface area contributed by atoms with Gasteiger partial charge < -0.3 is 0 Å². The van der Waals surface area contributed by atoms with Crippen molar-refractivity contribution in [2.45, 2.75) is 20.3 Å². The van der Waals surface area contributed by atoms with Gasteiger partial charge in [0, 0.05) is 20.5 Å². The summed E-state index contributed by atoms with van der Waals surface area (Å²) in [5.74, 6) is -0.229. The number of nitrogens with zero attached hydrogens (tertiary/aromatic N) is 2.